The molecule has 1 saturated heterocycles. The van der Waals surface area contributed by atoms with Gasteiger partial charge in [0.2, 0.25) is 0 Å². The van der Waals surface area contributed by atoms with E-state index in [2.05, 4.69) is 57.5 Å². The Morgan fingerprint density at radius 3 is 2.95 bits per heavy atom. The quantitative estimate of drug-likeness (QED) is 0.859. The SMILES string of the molecule is CN(CCCC1CCCNC1)Cc1ccccc1Br. The molecule has 0 amide bonds. The highest BCUT2D eigenvalue weighted by molar-refractivity contribution is 9.10. The topological polar surface area (TPSA) is 15.3 Å². The maximum Gasteiger partial charge on any atom is 0.0241 e. The van der Waals surface area contributed by atoms with Crippen LogP contribution in [0.1, 0.15) is 31.2 Å². The molecule has 0 aromatic heterocycles. The van der Waals surface area contributed by atoms with Crippen molar-refractivity contribution in [3.8, 4) is 0 Å². The number of hydrogen-bond donors (Lipinski definition) is 1. The highest BCUT2D eigenvalue weighted by atomic mass is 79.9. The molecule has 3 heteroatoms. The smallest absolute Gasteiger partial charge is 0.0241 e. The van der Waals surface area contributed by atoms with Crippen LogP contribution in [0.15, 0.2) is 28.7 Å². The van der Waals surface area contributed by atoms with E-state index in [4.69, 9.17) is 0 Å². The van der Waals surface area contributed by atoms with Crippen LogP contribution in [0, 0.1) is 5.92 Å². The van der Waals surface area contributed by atoms with Gasteiger partial charge in [0.25, 0.3) is 0 Å². The van der Waals surface area contributed by atoms with E-state index in [1.165, 1.54) is 55.4 Å². The van der Waals surface area contributed by atoms with E-state index in [1.807, 2.05) is 0 Å². The van der Waals surface area contributed by atoms with Crippen molar-refractivity contribution in [3.05, 3.63) is 34.3 Å². The molecule has 1 heterocycles. The van der Waals surface area contributed by atoms with Gasteiger partial charge in [0.1, 0.15) is 0 Å². The molecule has 1 unspecified atom stereocenters. The average Bonchev–Trinajstić information content (AvgIpc) is 2.43. The second kappa shape index (κ2) is 8.03. The molecule has 0 saturated carbocycles. The van der Waals surface area contributed by atoms with Crippen molar-refractivity contribution in [3.63, 3.8) is 0 Å². The van der Waals surface area contributed by atoms with Gasteiger partial charge in [-0.25, -0.2) is 0 Å². The number of benzene rings is 1. The summed E-state index contributed by atoms with van der Waals surface area (Å²) in [5, 5.41) is 3.50. The third-order valence-corrected chi connectivity index (χ3v) is 4.72. The Kier molecular flexibility index (Phi) is 6.35. The van der Waals surface area contributed by atoms with Crippen LogP contribution in [0.4, 0.5) is 0 Å². The number of nitrogens with one attached hydrogen (secondary N) is 1. The fourth-order valence-electron chi connectivity index (χ4n) is 2.82. The minimum atomic E-state index is 0.908. The van der Waals surface area contributed by atoms with Gasteiger partial charge in [-0.3, -0.25) is 0 Å². The molecule has 0 spiro atoms. The molecule has 2 rings (SSSR count). The molecule has 19 heavy (non-hydrogen) atoms. The minimum Gasteiger partial charge on any atom is -0.316 e. The van der Waals surface area contributed by atoms with Crippen LogP contribution in [-0.4, -0.2) is 31.6 Å². The van der Waals surface area contributed by atoms with Gasteiger partial charge in [-0.05, 0) is 69.9 Å². The van der Waals surface area contributed by atoms with Gasteiger partial charge in [0.15, 0.2) is 0 Å². The molecular weight excluding hydrogens is 300 g/mol. The van der Waals surface area contributed by atoms with E-state index in [0.29, 0.717) is 0 Å². The Bertz CT molecular complexity index is 375. The van der Waals surface area contributed by atoms with Crippen LogP contribution < -0.4 is 5.32 Å². The third-order valence-electron chi connectivity index (χ3n) is 3.95. The van der Waals surface area contributed by atoms with Gasteiger partial charge >= 0.3 is 0 Å². The summed E-state index contributed by atoms with van der Waals surface area (Å²) in [6, 6.07) is 8.51. The molecular formula is C16H25BrN2. The molecule has 0 bridgehead atoms. The van der Waals surface area contributed by atoms with Crippen LogP contribution in [0.5, 0.6) is 0 Å². The summed E-state index contributed by atoms with van der Waals surface area (Å²) >= 11 is 3.62. The van der Waals surface area contributed by atoms with Crippen molar-refractivity contribution < 1.29 is 0 Å². The Balaban J connectivity index is 1.67. The van der Waals surface area contributed by atoms with Crippen molar-refractivity contribution in [1.82, 2.24) is 10.2 Å². The first-order chi connectivity index (χ1) is 9.25. The van der Waals surface area contributed by atoms with Gasteiger partial charge in [-0.2, -0.15) is 0 Å². The zero-order valence-corrected chi connectivity index (χ0v) is 13.5. The second-order valence-corrected chi connectivity index (χ2v) is 6.54. The van der Waals surface area contributed by atoms with Crippen molar-refractivity contribution in [2.45, 2.75) is 32.2 Å². The predicted molar refractivity (Wildman–Crippen MR) is 85.3 cm³/mol. The van der Waals surface area contributed by atoms with Crippen molar-refractivity contribution >= 4 is 15.9 Å². The third kappa shape index (κ3) is 5.25. The zero-order chi connectivity index (χ0) is 13.5. The summed E-state index contributed by atoms with van der Waals surface area (Å²) < 4.78 is 1.22. The van der Waals surface area contributed by atoms with Crippen LogP contribution in [-0.2, 0) is 6.54 Å². The molecule has 0 radical (unpaired) electrons. The van der Waals surface area contributed by atoms with E-state index < -0.39 is 0 Å². The lowest BCUT2D eigenvalue weighted by Crippen LogP contribution is -2.30. The summed E-state index contributed by atoms with van der Waals surface area (Å²) in [4.78, 5) is 2.43. The number of nitrogens with zero attached hydrogens (tertiary/aromatic N) is 1. The Morgan fingerprint density at radius 1 is 1.37 bits per heavy atom. The highest BCUT2D eigenvalue weighted by Crippen LogP contribution is 2.19. The van der Waals surface area contributed by atoms with E-state index in [-0.39, 0.29) is 0 Å². The monoisotopic (exact) mass is 324 g/mol. The molecule has 1 aliphatic rings. The van der Waals surface area contributed by atoms with E-state index in [1.54, 1.807) is 0 Å². The highest BCUT2D eigenvalue weighted by Gasteiger charge is 2.12. The molecule has 0 aliphatic carbocycles. The molecule has 106 valence electrons. The van der Waals surface area contributed by atoms with Crippen LogP contribution in [0.3, 0.4) is 0 Å². The van der Waals surface area contributed by atoms with Gasteiger partial charge in [-0.15, -0.1) is 0 Å². The first-order valence-electron chi connectivity index (χ1n) is 7.38. The molecule has 1 atom stereocenters. The first-order valence-corrected chi connectivity index (χ1v) is 8.17. The molecule has 1 aromatic carbocycles. The lowest BCUT2D eigenvalue weighted by atomic mass is 9.95. The van der Waals surface area contributed by atoms with Crippen molar-refractivity contribution in [2.24, 2.45) is 5.92 Å². The van der Waals surface area contributed by atoms with E-state index in [9.17, 15) is 0 Å². The summed E-state index contributed by atoms with van der Waals surface area (Å²) in [6.45, 7) is 4.68. The molecule has 1 N–H and O–H groups in total. The van der Waals surface area contributed by atoms with Gasteiger partial charge < -0.3 is 10.2 Å². The fourth-order valence-corrected chi connectivity index (χ4v) is 3.23. The summed E-state index contributed by atoms with van der Waals surface area (Å²) in [7, 11) is 2.22. The lowest BCUT2D eigenvalue weighted by molar-refractivity contribution is 0.287. The minimum absolute atomic E-state index is 0.908. The summed E-state index contributed by atoms with van der Waals surface area (Å²) in [6.07, 6.45) is 5.46. The summed E-state index contributed by atoms with van der Waals surface area (Å²) in [5.74, 6) is 0.908. The molecule has 1 aliphatic heterocycles. The molecule has 2 nitrogen and oxygen atoms in total. The first kappa shape index (κ1) is 15.0. The lowest BCUT2D eigenvalue weighted by Gasteiger charge is -2.24. The Morgan fingerprint density at radius 2 is 2.21 bits per heavy atom. The normalized spacial score (nSPS) is 19.8. The number of piperidine rings is 1. The second-order valence-electron chi connectivity index (χ2n) is 5.68. The van der Waals surface area contributed by atoms with Crippen molar-refractivity contribution in [2.75, 3.05) is 26.7 Å². The average molecular weight is 325 g/mol. The van der Waals surface area contributed by atoms with E-state index in [0.717, 1.165) is 12.5 Å². The molecule has 1 aromatic rings. The molecule has 1 fully saturated rings. The largest absolute Gasteiger partial charge is 0.316 e. The fraction of sp³-hybridized carbons (Fsp3) is 0.625. The van der Waals surface area contributed by atoms with Crippen LogP contribution in [0.2, 0.25) is 0 Å². The van der Waals surface area contributed by atoms with Crippen LogP contribution >= 0.6 is 15.9 Å². The van der Waals surface area contributed by atoms with Crippen molar-refractivity contribution in [1.29, 1.82) is 0 Å². The maximum atomic E-state index is 3.62. The van der Waals surface area contributed by atoms with Crippen LogP contribution in [0.25, 0.3) is 0 Å². The number of rotatable bonds is 6. The predicted octanol–water partition coefficient (Wildman–Crippen LogP) is 3.66. The number of halogens is 1. The number of hydrogen-bond acceptors (Lipinski definition) is 2. The maximum absolute atomic E-state index is 3.62. The van der Waals surface area contributed by atoms with Gasteiger partial charge in [0, 0.05) is 11.0 Å². The van der Waals surface area contributed by atoms with Gasteiger partial charge in [-0.1, -0.05) is 34.1 Å². The zero-order valence-electron chi connectivity index (χ0n) is 11.9. The summed E-state index contributed by atoms with van der Waals surface area (Å²) in [5.41, 5.74) is 1.38. The van der Waals surface area contributed by atoms with Gasteiger partial charge in [0.05, 0.1) is 0 Å². The Labute approximate surface area is 125 Å². The Hall–Kier alpha value is -0.380. The van der Waals surface area contributed by atoms with E-state index >= 15 is 0 Å². The standard InChI is InChI=1S/C16H25BrN2/c1-19(13-15-8-2-3-9-16(15)17)11-5-7-14-6-4-10-18-12-14/h2-3,8-9,14,18H,4-7,10-13H2,1H3.